The second-order valence-corrected chi connectivity index (χ2v) is 3.91. The number of nitro groups is 1. The van der Waals surface area contributed by atoms with Crippen molar-refractivity contribution in [1.29, 1.82) is 0 Å². The van der Waals surface area contributed by atoms with Gasteiger partial charge in [0.25, 0.3) is 5.69 Å². The standard InChI is InChI=1S/C12H18N2O2/c1-4-5-6-10-8-12(14(15)16)11(13-3)7-9(10)2/h7-8,13H,4-6H2,1-3H3. The molecule has 0 aromatic heterocycles. The predicted molar refractivity (Wildman–Crippen MR) is 66.0 cm³/mol. The van der Waals surface area contributed by atoms with Gasteiger partial charge in [-0.15, -0.1) is 0 Å². The van der Waals surface area contributed by atoms with E-state index in [0.717, 1.165) is 30.4 Å². The van der Waals surface area contributed by atoms with Crippen molar-refractivity contribution in [1.82, 2.24) is 0 Å². The van der Waals surface area contributed by atoms with E-state index < -0.39 is 0 Å². The maximum Gasteiger partial charge on any atom is 0.292 e. The largest absolute Gasteiger partial charge is 0.383 e. The van der Waals surface area contributed by atoms with Crippen LogP contribution in [0, 0.1) is 17.0 Å². The first-order valence-corrected chi connectivity index (χ1v) is 5.55. The molecule has 0 heterocycles. The number of aryl methyl sites for hydroxylation is 2. The highest BCUT2D eigenvalue weighted by molar-refractivity contribution is 5.64. The number of hydrogen-bond acceptors (Lipinski definition) is 3. The summed E-state index contributed by atoms with van der Waals surface area (Å²) in [6, 6.07) is 3.54. The van der Waals surface area contributed by atoms with Crippen molar-refractivity contribution >= 4 is 11.4 Å². The number of rotatable bonds is 5. The molecule has 0 amide bonds. The zero-order valence-electron chi connectivity index (χ0n) is 10.0. The molecule has 1 aromatic rings. The van der Waals surface area contributed by atoms with Gasteiger partial charge in [0.05, 0.1) is 4.92 Å². The molecule has 4 nitrogen and oxygen atoms in total. The molecular weight excluding hydrogens is 204 g/mol. The van der Waals surface area contributed by atoms with Crippen LogP contribution in [0.4, 0.5) is 11.4 Å². The first-order chi connectivity index (χ1) is 7.60. The normalized spacial score (nSPS) is 10.2. The van der Waals surface area contributed by atoms with Crippen LogP contribution in [-0.4, -0.2) is 12.0 Å². The van der Waals surface area contributed by atoms with E-state index in [9.17, 15) is 10.1 Å². The van der Waals surface area contributed by atoms with Crippen molar-refractivity contribution in [3.05, 3.63) is 33.4 Å². The molecule has 4 heteroatoms. The number of benzene rings is 1. The molecule has 1 N–H and O–H groups in total. The molecule has 1 rings (SSSR count). The van der Waals surface area contributed by atoms with Crippen LogP contribution in [0.2, 0.25) is 0 Å². The molecule has 0 saturated carbocycles. The fraction of sp³-hybridized carbons (Fsp3) is 0.500. The third kappa shape index (κ3) is 2.72. The SMILES string of the molecule is CCCCc1cc([N+](=O)[O-])c(NC)cc1C. The van der Waals surface area contributed by atoms with Gasteiger partial charge in [-0.1, -0.05) is 13.3 Å². The van der Waals surface area contributed by atoms with Gasteiger partial charge in [-0.05, 0) is 37.0 Å². The van der Waals surface area contributed by atoms with Crippen LogP contribution in [0.25, 0.3) is 0 Å². The number of nitro benzene ring substituents is 1. The van der Waals surface area contributed by atoms with Crippen LogP contribution >= 0.6 is 0 Å². The monoisotopic (exact) mass is 222 g/mol. The Kier molecular flexibility index (Phi) is 4.28. The van der Waals surface area contributed by atoms with Crippen LogP contribution in [0.1, 0.15) is 30.9 Å². The third-order valence-corrected chi connectivity index (χ3v) is 2.72. The Morgan fingerprint density at radius 3 is 2.62 bits per heavy atom. The maximum absolute atomic E-state index is 10.9. The lowest BCUT2D eigenvalue weighted by molar-refractivity contribution is -0.384. The van der Waals surface area contributed by atoms with Gasteiger partial charge in [0.1, 0.15) is 5.69 Å². The minimum absolute atomic E-state index is 0.166. The minimum atomic E-state index is -0.333. The van der Waals surface area contributed by atoms with Crippen LogP contribution < -0.4 is 5.32 Å². The summed E-state index contributed by atoms with van der Waals surface area (Å²) in [7, 11) is 1.70. The molecular formula is C12H18N2O2. The van der Waals surface area contributed by atoms with Crippen molar-refractivity contribution in [3.8, 4) is 0 Å². The van der Waals surface area contributed by atoms with Crippen molar-refractivity contribution in [2.24, 2.45) is 0 Å². The van der Waals surface area contributed by atoms with E-state index in [0.29, 0.717) is 5.69 Å². The summed E-state index contributed by atoms with van der Waals surface area (Å²) >= 11 is 0. The lowest BCUT2D eigenvalue weighted by atomic mass is 10.0. The van der Waals surface area contributed by atoms with E-state index in [4.69, 9.17) is 0 Å². The van der Waals surface area contributed by atoms with Crippen molar-refractivity contribution in [2.75, 3.05) is 12.4 Å². The Bertz CT molecular complexity index is 389. The number of anilines is 1. The average molecular weight is 222 g/mol. The highest BCUT2D eigenvalue weighted by Gasteiger charge is 2.15. The quantitative estimate of drug-likeness (QED) is 0.614. The fourth-order valence-corrected chi connectivity index (χ4v) is 1.73. The number of nitrogens with zero attached hydrogens (tertiary/aromatic N) is 1. The van der Waals surface area contributed by atoms with E-state index in [2.05, 4.69) is 12.2 Å². The molecule has 0 fully saturated rings. The van der Waals surface area contributed by atoms with E-state index >= 15 is 0 Å². The van der Waals surface area contributed by atoms with Gasteiger partial charge in [-0.3, -0.25) is 10.1 Å². The van der Waals surface area contributed by atoms with Gasteiger partial charge in [-0.2, -0.15) is 0 Å². The second-order valence-electron chi connectivity index (χ2n) is 3.91. The van der Waals surface area contributed by atoms with Crippen molar-refractivity contribution in [2.45, 2.75) is 33.1 Å². The van der Waals surface area contributed by atoms with Crippen molar-refractivity contribution in [3.63, 3.8) is 0 Å². The topological polar surface area (TPSA) is 55.2 Å². The molecule has 0 saturated heterocycles. The fourth-order valence-electron chi connectivity index (χ4n) is 1.73. The Labute approximate surface area is 95.8 Å². The Hall–Kier alpha value is -1.58. The molecule has 1 aromatic carbocycles. The van der Waals surface area contributed by atoms with E-state index in [1.165, 1.54) is 0 Å². The lowest BCUT2D eigenvalue weighted by Gasteiger charge is -2.09. The summed E-state index contributed by atoms with van der Waals surface area (Å²) in [5.41, 5.74) is 2.94. The average Bonchev–Trinajstić information content (AvgIpc) is 2.26. The van der Waals surface area contributed by atoms with Gasteiger partial charge in [0, 0.05) is 13.1 Å². The van der Waals surface area contributed by atoms with E-state index in [1.54, 1.807) is 13.1 Å². The summed E-state index contributed by atoms with van der Waals surface area (Å²) in [5, 5.41) is 13.7. The molecule has 16 heavy (non-hydrogen) atoms. The van der Waals surface area contributed by atoms with E-state index in [-0.39, 0.29) is 10.6 Å². The number of unbranched alkanes of at least 4 members (excludes halogenated alkanes) is 1. The summed E-state index contributed by atoms with van der Waals surface area (Å²) in [4.78, 5) is 10.6. The highest BCUT2D eigenvalue weighted by Crippen LogP contribution is 2.28. The molecule has 0 atom stereocenters. The number of hydrogen-bond donors (Lipinski definition) is 1. The van der Waals surface area contributed by atoms with Gasteiger partial charge in [-0.25, -0.2) is 0 Å². The summed E-state index contributed by atoms with van der Waals surface area (Å²) < 4.78 is 0. The molecule has 0 radical (unpaired) electrons. The van der Waals surface area contributed by atoms with Gasteiger partial charge in [0.2, 0.25) is 0 Å². The Balaban J connectivity index is 3.11. The molecule has 88 valence electrons. The van der Waals surface area contributed by atoms with Crippen LogP contribution in [0.5, 0.6) is 0 Å². The molecule has 0 aliphatic rings. The Morgan fingerprint density at radius 2 is 2.12 bits per heavy atom. The molecule has 0 bridgehead atoms. The molecule has 0 aliphatic carbocycles. The summed E-state index contributed by atoms with van der Waals surface area (Å²) in [6.07, 6.45) is 3.07. The van der Waals surface area contributed by atoms with Crippen LogP contribution in [0.15, 0.2) is 12.1 Å². The van der Waals surface area contributed by atoms with Gasteiger partial charge >= 0.3 is 0 Å². The van der Waals surface area contributed by atoms with Crippen LogP contribution in [-0.2, 0) is 6.42 Å². The smallest absolute Gasteiger partial charge is 0.292 e. The van der Waals surface area contributed by atoms with Crippen molar-refractivity contribution < 1.29 is 4.92 Å². The first-order valence-electron chi connectivity index (χ1n) is 5.55. The first kappa shape index (κ1) is 12.5. The highest BCUT2D eigenvalue weighted by atomic mass is 16.6. The Morgan fingerprint density at radius 1 is 1.44 bits per heavy atom. The maximum atomic E-state index is 10.9. The molecule has 0 spiro atoms. The van der Waals surface area contributed by atoms with Gasteiger partial charge in [0.15, 0.2) is 0 Å². The lowest BCUT2D eigenvalue weighted by Crippen LogP contribution is -2.00. The van der Waals surface area contributed by atoms with E-state index in [1.807, 2.05) is 13.0 Å². The predicted octanol–water partition coefficient (Wildman–Crippen LogP) is 3.29. The van der Waals surface area contributed by atoms with Crippen LogP contribution in [0.3, 0.4) is 0 Å². The minimum Gasteiger partial charge on any atom is -0.383 e. The summed E-state index contributed by atoms with van der Waals surface area (Å²) in [6.45, 7) is 4.11. The zero-order chi connectivity index (χ0) is 12.1. The van der Waals surface area contributed by atoms with Gasteiger partial charge < -0.3 is 5.32 Å². The molecule has 0 aliphatic heterocycles. The number of nitrogens with one attached hydrogen (secondary N) is 1. The third-order valence-electron chi connectivity index (χ3n) is 2.72. The zero-order valence-corrected chi connectivity index (χ0v) is 10.0. The molecule has 0 unspecified atom stereocenters. The second kappa shape index (κ2) is 5.49. The summed E-state index contributed by atoms with van der Waals surface area (Å²) in [5.74, 6) is 0.